The highest BCUT2D eigenvalue weighted by Gasteiger charge is 2.14. The van der Waals surface area contributed by atoms with Crippen LogP contribution in [0.5, 0.6) is 0 Å². The minimum absolute atomic E-state index is 0.493. The molecule has 94 valence electrons. The van der Waals surface area contributed by atoms with Gasteiger partial charge in [0.05, 0.1) is 16.9 Å². The number of hydrogen-bond acceptors (Lipinski definition) is 4. The van der Waals surface area contributed by atoms with E-state index < -0.39 is 0 Å². The molecule has 0 radical (unpaired) electrons. The lowest BCUT2D eigenvalue weighted by Crippen LogP contribution is -2.02. The number of nitrogens with one attached hydrogen (secondary N) is 1. The molecule has 0 fully saturated rings. The Morgan fingerprint density at radius 1 is 1.16 bits per heavy atom. The normalized spacial score (nSPS) is 9.74. The van der Waals surface area contributed by atoms with E-state index in [9.17, 15) is 5.26 Å². The number of aryl methyl sites for hydroxylation is 3. The maximum Gasteiger partial charge on any atom is 0.146 e. The second-order valence-corrected chi connectivity index (χ2v) is 4.28. The molecule has 19 heavy (non-hydrogen) atoms. The number of rotatable bonds is 2. The van der Waals surface area contributed by atoms with Crippen molar-refractivity contribution in [2.75, 3.05) is 5.32 Å². The molecule has 1 aromatic carbocycles. The monoisotopic (exact) mass is 251 g/mol. The van der Waals surface area contributed by atoms with Crippen LogP contribution in [0.1, 0.15) is 22.4 Å². The molecule has 1 N–H and O–H groups in total. The first kappa shape index (κ1) is 12.7. The third-order valence-electron chi connectivity index (χ3n) is 2.97. The van der Waals surface area contributed by atoms with Gasteiger partial charge >= 0.3 is 0 Å². The van der Waals surface area contributed by atoms with Gasteiger partial charge in [-0.3, -0.25) is 4.68 Å². The van der Waals surface area contributed by atoms with Gasteiger partial charge in [-0.2, -0.15) is 15.6 Å². The molecule has 1 heterocycles. The molecule has 1 aromatic heterocycles. The van der Waals surface area contributed by atoms with Crippen molar-refractivity contribution in [3.63, 3.8) is 0 Å². The summed E-state index contributed by atoms with van der Waals surface area (Å²) in [4.78, 5) is 0. The van der Waals surface area contributed by atoms with Gasteiger partial charge in [-0.05, 0) is 25.5 Å². The summed E-state index contributed by atoms with van der Waals surface area (Å²) in [7, 11) is 1.76. The Labute approximate surface area is 111 Å². The summed E-state index contributed by atoms with van der Waals surface area (Å²) >= 11 is 0. The fourth-order valence-electron chi connectivity index (χ4n) is 1.98. The summed E-state index contributed by atoms with van der Waals surface area (Å²) in [6, 6.07) is 9.86. The van der Waals surface area contributed by atoms with Crippen LogP contribution in [0.15, 0.2) is 18.2 Å². The first-order valence-corrected chi connectivity index (χ1v) is 5.79. The van der Waals surface area contributed by atoms with E-state index in [1.807, 2.05) is 25.1 Å². The molecule has 0 unspecified atom stereocenters. The summed E-state index contributed by atoms with van der Waals surface area (Å²) in [6.45, 7) is 3.66. The zero-order valence-corrected chi connectivity index (χ0v) is 11.0. The van der Waals surface area contributed by atoms with E-state index >= 15 is 0 Å². The van der Waals surface area contributed by atoms with Crippen LogP contribution in [0.2, 0.25) is 0 Å². The Bertz CT molecular complexity index is 713. The molecule has 0 saturated heterocycles. The number of nitriles is 2. The number of anilines is 2. The Kier molecular flexibility index (Phi) is 3.22. The minimum Gasteiger partial charge on any atom is -0.338 e. The Hall–Kier alpha value is -2.79. The Morgan fingerprint density at radius 3 is 2.47 bits per heavy atom. The summed E-state index contributed by atoms with van der Waals surface area (Å²) in [5.41, 5.74) is 3.31. The minimum atomic E-state index is 0.493. The Balaban J connectivity index is 2.52. The van der Waals surface area contributed by atoms with E-state index in [1.54, 1.807) is 18.7 Å². The van der Waals surface area contributed by atoms with Crippen molar-refractivity contribution in [1.29, 1.82) is 10.5 Å². The molecule has 0 aliphatic carbocycles. The standard InChI is InChI=1S/C14H13N5/c1-9-5-4-6-13(11(9)7-15)17-14-12(8-16)10(2)18-19(14)3/h4-6,17H,1-3H3. The zero-order valence-electron chi connectivity index (χ0n) is 11.0. The van der Waals surface area contributed by atoms with Gasteiger partial charge in [-0.1, -0.05) is 12.1 Å². The highest BCUT2D eigenvalue weighted by molar-refractivity contribution is 5.70. The van der Waals surface area contributed by atoms with Crippen molar-refractivity contribution in [2.45, 2.75) is 13.8 Å². The lowest BCUT2D eigenvalue weighted by molar-refractivity contribution is 0.765. The molecule has 0 spiro atoms. The molecule has 2 aromatic rings. The van der Waals surface area contributed by atoms with Gasteiger partial charge in [0.1, 0.15) is 23.5 Å². The fourth-order valence-corrected chi connectivity index (χ4v) is 1.98. The van der Waals surface area contributed by atoms with Crippen LogP contribution in [-0.4, -0.2) is 9.78 Å². The summed E-state index contributed by atoms with van der Waals surface area (Å²) < 4.78 is 1.61. The third-order valence-corrected chi connectivity index (χ3v) is 2.97. The van der Waals surface area contributed by atoms with Gasteiger partial charge in [0, 0.05) is 7.05 Å². The van der Waals surface area contributed by atoms with Crippen LogP contribution >= 0.6 is 0 Å². The molecule has 2 rings (SSSR count). The van der Waals surface area contributed by atoms with E-state index in [0.29, 0.717) is 28.3 Å². The topological polar surface area (TPSA) is 77.4 Å². The predicted molar refractivity (Wildman–Crippen MR) is 71.8 cm³/mol. The molecule has 5 heteroatoms. The van der Waals surface area contributed by atoms with Crippen LogP contribution in [0.25, 0.3) is 0 Å². The van der Waals surface area contributed by atoms with E-state index in [4.69, 9.17) is 5.26 Å². The molecule has 0 atom stereocenters. The summed E-state index contributed by atoms with van der Waals surface area (Å²) in [5.74, 6) is 0.599. The third kappa shape index (κ3) is 2.14. The number of hydrogen-bond donors (Lipinski definition) is 1. The van der Waals surface area contributed by atoms with E-state index in [2.05, 4.69) is 22.6 Å². The van der Waals surface area contributed by atoms with E-state index in [-0.39, 0.29) is 0 Å². The lowest BCUT2D eigenvalue weighted by Gasteiger charge is -2.10. The highest BCUT2D eigenvalue weighted by atomic mass is 15.3. The van der Waals surface area contributed by atoms with Crippen LogP contribution < -0.4 is 5.32 Å². The van der Waals surface area contributed by atoms with Crippen LogP contribution in [0.3, 0.4) is 0 Å². The van der Waals surface area contributed by atoms with Gasteiger partial charge < -0.3 is 5.32 Å². The average molecular weight is 251 g/mol. The number of nitrogens with zero attached hydrogens (tertiary/aromatic N) is 4. The van der Waals surface area contributed by atoms with Gasteiger partial charge in [-0.25, -0.2) is 0 Å². The maximum absolute atomic E-state index is 9.20. The SMILES string of the molecule is Cc1cccc(Nc2c(C#N)c(C)nn2C)c1C#N. The molecule has 0 aliphatic rings. The van der Waals surface area contributed by atoms with Crippen molar-refractivity contribution >= 4 is 11.5 Å². The van der Waals surface area contributed by atoms with Crippen molar-refractivity contribution in [1.82, 2.24) is 9.78 Å². The van der Waals surface area contributed by atoms with Crippen LogP contribution in [-0.2, 0) is 7.05 Å². The fraction of sp³-hybridized carbons (Fsp3) is 0.214. The van der Waals surface area contributed by atoms with Gasteiger partial charge in [-0.15, -0.1) is 0 Å². The highest BCUT2D eigenvalue weighted by Crippen LogP contribution is 2.26. The van der Waals surface area contributed by atoms with Crippen molar-refractivity contribution in [2.24, 2.45) is 7.05 Å². The number of benzene rings is 1. The molecular formula is C14H13N5. The maximum atomic E-state index is 9.20. The van der Waals surface area contributed by atoms with Gasteiger partial charge in [0.2, 0.25) is 0 Å². The zero-order chi connectivity index (χ0) is 14.0. The molecule has 5 nitrogen and oxygen atoms in total. The van der Waals surface area contributed by atoms with Crippen molar-refractivity contribution in [3.8, 4) is 12.1 Å². The molecule has 0 aliphatic heterocycles. The second-order valence-electron chi connectivity index (χ2n) is 4.28. The predicted octanol–water partition coefficient (Wildman–Crippen LogP) is 2.52. The molecule has 0 saturated carbocycles. The quantitative estimate of drug-likeness (QED) is 0.889. The first-order chi connectivity index (χ1) is 9.08. The van der Waals surface area contributed by atoms with E-state index in [1.165, 1.54) is 0 Å². The Morgan fingerprint density at radius 2 is 1.84 bits per heavy atom. The lowest BCUT2D eigenvalue weighted by atomic mass is 10.1. The molecule has 0 amide bonds. The van der Waals surface area contributed by atoms with Gasteiger partial charge in [0.15, 0.2) is 0 Å². The van der Waals surface area contributed by atoms with Gasteiger partial charge in [0.25, 0.3) is 0 Å². The summed E-state index contributed by atoms with van der Waals surface area (Å²) in [5, 5.41) is 25.7. The van der Waals surface area contributed by atoms with Crippen LogP contribution in [0.4, 0.5) is 11.5 Å². The number of aromatic nitrogens is 2. The van der Waals surface area contributed by atoms with Crippen molar-refractivity contribution in [3.05, 3.63) is 40.6 Å². The average Bonchev–Trinajstić information content (AvgIpc) is 2.64. The second kappa shape index (κ2) is 4.83. The summed E-state index contributed by atoms with van der Waals surface area (Å²) in [6.07, 6.45) is 0. The van der Waals surface area contributed by atoms with E-state index in [0.717, 1.165) is 5.56 Å². The van der Waals surface area contributed by atoms with Crippen LogP contribution in [0, 0.1) is 36.5 Å². The molecular weight excluding hydrogens is 238 g/mol. The van der Waals surface area contributed by atoms with Crippen molar-refractivity contribution < 1.29 is 0 Å². The first-order valence-electron chi connectivity index (χ1n) is 5.79. The largest absolute Gasteiger partial charge is 0.338 e. The smallest absolute Gasteiger partial charge is 0.146 e. The molecule has 0 bridgehead atoms.